The van der Waals surface area contributed by atoms with E-state index < -0.39 is 0 Å². The predicted octanol–water partition coefficient (Wildman–Crippen LogP) is 5.25. The molecular formula is C24H21ClN4OS. The molecule has 0 saturated carbocycles. The van der Waals surface area contributed by atoms with E-state index in [0.29, 0.717) is 10.2 Å². The van der Waals surface area contributed by atoms with Crippen LogP contribution in [0.1, 0.15) is 5.56 Å². The lowest BCUT2D eigenvalue weighted by atomic mass is 10.0. The molecule has 0 radical (unpaired) electrons. The first kappa shape index (κ1) is 21.2. The van der Waals surface area contributed by atoms with E-state index in [1.165, 1.54) is 11.8 Å². The highest BCUT2D eigenvalue weighted by atomic mass is 35.5. The van der Waals surface area contributed by atoms with Crippen molar-refractivity contribution in [3.63, 3.8) is 0 Å². The van der Waals surface area contributed by atoms with Crippen LogP contribution in [0.5, 0.6) is 0 Å². The number of hydrogen-bond donors (Lipinski definition) is 2. The van der Waals surface area contributed by atoms with Crippen molar-refractivity contribution in [2.75, 3.05) is 5.75 Å². The Balaban J connectivity index is 2.02. The first-order chi connectivity index (χ1) is 15.1. The normalized spacial score (nSPS) is 10.8. The second-order valence-electron chi connectivity index (χ2n) is 6.90. The zero-order chi connectivity index (χ0) is 21.8. The van der Waals surface area contributed by atoms with Gasteiger partial charge in [0.2, 0.25) is 5.91 Å². The molecule has 1 heterocycles. The lowest BCUT2D eigenvalue weighted by Crippen LogP contribution is -2.31. The van der Waals surface area contributed by atoms with Gasteiger partial charge in [0.05, 0.1) is 22.8 Å². The van der Waals surface area contributed by atoms with Crippen LogP contribution in [0.3, 0.4) is 0 Å². The van der Waals surface area contributed by atoms with Crippen LogP contribution in [-0.4, -0.2) is 21.2 Å². The molecule has 5 nitrogen and oxygen atoms in total. The van der Waals surface area contributed by atoms with E-state index in [0.717, 1.165) is 33.8 Å². The summed E-state index contributed by atoms with van der Waals surface area (Å²) in [5.74, 6) is 5.16. The highest BCUT2D eigenvalue weighted by Crippen LogP contribution is 2.39. The maximum absolute atomic E-state index is 11.9. The van der Waals surface area contributed by atoms with Gasteiger partial charge in [-0.2, -0.15) is 0 Å². The molecule has 4 aromatic rings. The molecule has 0 atom stereocenters. The fourth-order valence-electron chi connectivity index (χ4n) is 3.39. The Kier molecular flexibility index (Phi) is 6.42. The number of halogens is 1. The summed E-state index contributed by atoms with van der Waals surface area (Å²) in [5.41, 5.74) is 7.81. The molecule has 7 heteroatoms. The Morgan fingerprint density at radius 3 is 2.29 bits per heavy atom. The van der Waals surface area contributed by atoms with Crippen LogP contribution in [0.25, 0.3) is 28.2 Å². The Morgan fingerprint density at radius 1 is 1.00 bits per heavy atom. The summed E-state index contributed by atoms with van der Waals surface area (Å²) < 4.78 is 2.08. The molecule has 0 spiro atoms. The minimum absolute atomic E-state index is 0.148. The van der Waals surface area contributed by atoms with Crippen molar-refractivity contribution in [1.82, 2.24) is 15.0 Å². The minimum Gasteiger partial charge on any atom is -0.294 e. The molecular weight excluding hydrogens is 428 g/mol. The number of rotatable bonds is 6. The Bertz CT molecular complexity index is 1210. The third-order valence-corrected chi connectivity index (χ3v) is 6.26. The topological polar surface area (TPSA) is 72.9 Å². The zero-order valence-electron chi connectivity index (χ0n) is 16.9. The van der Waals surface area contributed by atoms with Crippen molar-refractivity contribution in [1.29, 1.82) is 0 Å². The number of hydrogen-bond acceptors (Lipinski definition) is 4. The molecule has 4 rings (SSSR count). The number of imidazole rings is 1. The van der Waals surface area contributed by atoms with E-state index in [1.807, 2.05) is 73.7 Å². The van der Waals surface area contributed by atoms with Gasteiger partial charge in [0.1, 0.15) is 0 Å². The number of nitrogens with two attached hydrogens (primary N) is 1. The van der Waals surface area contributed by atoms with E-state index >= 15 is 0 Å². The monoisotopic (exact) mass is 448 g/mol. The van der Waals surface area contributed by atoms with E-state index in [4.69, 9.17) is 22.4 Å². The second kappa shape index (κ2) is 9.39. The molecule has 0 aliphatic carbocycles. The van der Waals surface area contributed by atoms with Gasteiger partial charge in [-0.3, -0.25) is 14.8 Å². The van der Waals surface area contributed by atoms with Crippen LogP contribution >= 0.6 is 23.4 Å². The minimum atomic E-state index is -0.273. The van der Waals surface area contributed by atoms with Crippen LogP contribution in [0.2, 0.25) is 5.02 Å². The smallest absolute Gasteiger partial charge is 0.244 e. The van der Waals surface area contributed by atoms with Crippen LogP contribution in [0.15, 0.2) is 84.0 Å². The highest BCUT2D eigenvalue weighted by molar-refractivity contribution is 7.99. The standard InChI is InChI=1S/C24H21ClN4OS/c1-16-19(25)13-8-14-20(16)29-23(18-11-6-3-7-12-18)22(17-9-4-2-5-10-17)27-24(29)31-15-21(30)28-26/h2-14H,15,26H2,1H3,(H,28,30). The highest BCUT2D eigenvalue weighted by Gasteiger charge is 2.23. The second-order valence-corrected chi connectivity index (χ2v) is 8.25. The van der Waals surface area contributed by atoms with E-state index in [-0.39, 0.29) is 11.7 Å². The molecule has 0 bridgehead atoms. The van der Waals surface area contributed by atoms with Crippen LogP contribution in [0.4, 0.5) is 0 Å². The van der Waals surface area contributed by atoms with Gasteiger partial charge in [0.25, 0.3) is 0 Å². The number of nitrogens with zero attached hydrogens (tertiary/aromatic N) is 2. The molecule has 1 amide bonds. The Morgan fingerprint density at radius 2 is 1.65 bits per heavy atom. The lowest BCUT2D eigenvalue weighted by Gasteiger charge is -2.16. The first-order valence-electron chi connectivity index (χ1n) is 9.71. The van der Waals surface area contributed by atoms with Crippen molar-refractivity contribution in [3.05, 3.63) is 89.4 Å². The van der Waals surface area contributed by atoms with Gasteiger partial charge < -0.3 is 0 Å². The van der Waals surface area contributed by atoms with Gasteiger partial charge in [0, 0.05) is 16.1 Å². The molecule has 0 saturated heterocycles. The van der Waals surface area contributed by atoms with Crippen molar-refractivity contribution in [2.24, 2.45) is 5.84 Å². The van der Waals surface area contributed by atoms with Gasteiger partial charge in [0.15, 0.2) is 5.16 Å². The first-order valence-corrected chi connectivity index (χ1v) is 11.1. The quantitative estimate of drug-likeness (QED) is 0.183. The molecule has 0 unspecified atom stereocenters. The number of hydrazine groups is 1. The van der Waals surface area contributed by atoms with Gasteiger partial charge in [-0.15, -0.1) is 0 Å². The number of carbonyl (C=O) groups is 1. The average Bonchev–Trinajstić information content (AvgIpc) is 3.19. The summed E-state index contributed by atoms with van der Waals surface area (Å²) >= 11 is 7.80. The number of nitrogens with one attached hydrogen (secondary N) is 1. The van der Waals surface area contributed by atoms with Crippen LogP contribution < -0.4 is 11.3 Å². The van der Waals surface area contributed by atoms with Crippen LogP contribution in [0, 0.1) is 6.92 Å². The number of carbonyl (C=O) groups excluding carboxylic acids is 1. The molecule has 156 valence electrons. The molecule has 0 aliphatic heterocycles. The summed E-state index contributed by atoms with van der Waals surface area (Å²) in [5, 5.41) is 1.36. The molecule has 3 aromatic carbocycles. The van der Waals surface area contributed by atoms with E-state index in [9.17, 15) is 4.79 Å². The molecule has 0 fully saturated rings. The zero-order valence-corrected chi connectivity index (χ0v) is 18.5. The largest absolute Gasteiger partial charge is 0.294 e. The predicted molar refractivity (Wildman–Crippen MR) is 127 cm³/mol. The summed E-state index contributed by atoms with van der Waals surface area (Å²) in [7, 11) is 0. The third-order valence-electron chi connectivity index (χ3n) is 4.91. The maximum atomic E-state index is 11.9. The van der Waals surface area contributed by atoms with Gasteiger partial charge in [-0.25, -0.2) is 10.8 Å². The number of aromatic nitrogens is 2. The molecule has 1 aromatic heterocycles. The van der Waals surface area contributed by atoms with Crippen LogP contribution in [-0.2, 0) is 4.79 Å². The number of benzene rings is 3. The molecule has 3 N–H and O–H groups in total. The van der Waals surface area contributed by atoms with Crippen molar-refractivity contribution in [3.8, 4) is 28.2 Å². The van der Waals surface area contributed by atoms with Crippen molar-refractivity contribution >= 4 is 29.3 Å². The Labute approximate surface area is 190 Å². The Hall–Kier alpha value is -3.06. The third kappa shape index (κ3) is 4.37. The number of thioether (sulfide) groups is 1. The van der Waals surface area contributed by atoms with Crippen molar-refractivity contribution in [2.45, 2.75) is 12.1 Å². The molecule has 31 heavy (non-hydrogen) atoms. The molecule has 0 aliphatic rings. The maximum Gasteiger partial charge on any atom is 0.244 e. The summed E-state index contributed by atoms with van der Waals surface area (Å²) in [6.45, 7) is 1.98. The van der Waals surface area contributed by atoms with Gasteiger partial charge >= 0.3 is 0 Å². The van der Waals surface area contributed by atoms with Gasteiger partial charge in [-0.05, 0) is 24.6 Å². The summed E-state index contributed by atoms with van der Waals surface area (Å²) in [4.78, 5) is 16.8. The SMILES string of the molecule is Cc1c(Cl)cccc1-n1c(SCC(=O)NN)nc(-c2ccccc2)c1-c1ccccc1. The lowest BCUT2D eigenvalue weighted by molar-refractivity contribution is -0.118. The fourth-order valence-corrected chi connectivity index (χ4v) is 4.38. The fraction of sp³-hybridized carbons (Fsp3) is 0.0833. The number of amides is 1. The van der Waals surface area contributed by atoms with E-state index in [2.05, 4.69) is 22.1 Å². The average molecular weight is 449 g/mol. The summed E-state index contributed by atoms with van der Waals surface area (Å²) in [6, 6.07) is 25.9. The van der Waals surface area contributed by atoms with Crippen molar-refractivity contribution < 1.29 is 4.79 Å². The van der Waals surface area contributed by atoms with E-state index in [1.54, 1.807) is 0 Å². The summed E-state index contributed by atoms with van der Waals surface area (Å²) in [6.07, 6.45) is 0. The van der Waals surface area contributed by atoms with Gasteiger partial charge in [-0.1, -0.05) is 90.1 Å².